The first-order chi connectivity index (χ1) is 9.13. The van der Waals surface area contributed by atoms with E-state index in [0.29, 0.717) is 36.4 Å². The lowest BCUT2D eigenvalue weighted by Crippen LogP contribution is -2.34. The van der Waals surface area contributed by atoms with E-state index in [0.717, 1.165) is 0 Å². The lowest BCUT2D eigenvalue weighted by molar-refractivity contribution is 0.147. The number of ether oxygens (including phenoxy) is 1. The zero-order valence-electron chi connectivity index (χ0n) is 11.4. The quantitative estimate of drug-likeness (QED) is 0.534. The van der Waals surface area contributed by atoms with Crippen molar-refractivity contribution in [3.05, 3.63) is 23.0 Å². The SMILES string of the molecule is COCC(CCO)NCc1c(CO)cnc(C)c1O. The number of aliphatic hydroxyl groups is 2. The third-order valence-electron chi connectivity index (χ3n) is 3.01. The van der Waals surface area contributed by atoms with Crippen molar-refractivity contribution in [2.75, 3.05) is 20.3 Å². The summed E-state index contributed by atoms with van der Waals surface area (Å²) in [4.78, 5) is 4.01. The van der Waals surface area contributed by atoms with Gasteiger partial charge in [-0.15, -0.1) is 0 Å². The van der Waals surface area contributed by atoms with Crippen LogP contribution in [0.25, 0.3) is 0 Å². The molecule has 0 amide bonds. The largest absolute Gasteiger partial charge is 0.506 e. The van der Waals surface area contributed by atoms with Gasteiger partial charge in [-0.1, -0.05) is 0 Å². The van der Waals surface area contributed by atoms with Crippen molar-refractivity contribution in [1.82, 2.24) is 10.3 Å². The Morgan fingerprint density at radius 1 is 1.42 bits per heavy atom. The standard InChI is InChI=1S/C13H22N2O4/c1-9-13(18)12(10(7-17)5-14-9)6-15-11(3-4-16)8-19-2/h5,11,15-18H,3-4,6-8H2,1-2H3. The molecule has 0 fully saturated rings. The summed E-state index contributed by atoms with van der Waals surface area (Å²) in [5.74, 6) is 0.0965. The molecule has 6 nitrogen and oxygen atoms in total. The number of aromatic hydroxyl groups is 1. The first-order valence-electron chi connectivity index (χ1n) is 6.24. The van der Waals surface area contributed by atoms with Crippen molar-refractivity contribution in [2.45, 2.75) is 32.5 Å². The molecule has 1 unspecified atom stereocenters. The number of aliphatic hydroxyl groups excluding tert-OH is 2. The van der Waals surface area contributed by atoms with Crippen LogP contribution in [0.15, 0.2) is 6.20 Å². The molecule has 0 aliphatic rings. The van der Waals surface area contributed by atoms with Crippen LogP contribution in [-0.4, -0.2) is 46.7 Å². The normalized spacial score (nSPS) is 12.6. The lowest BCUT2D eigenvalue weighted by Gasteiger charge is -2.19. The maximum absolute atomic E-state index is 9.99. The fourth-order valence-electron chi connectivity index (χ4n) is 1.87. The summed E-state index contributed by atoms with van der Waals surface area (Å²) in [5.41, 5.74) is 1.75. The van der Waals surface area contributed by atoms with Crippen LogP contribution in [0.1, 0.15) is 23.2 Å². The number of hydrogen-bond donors (Lipinski definition) is 4. The van der Waals surface area contributed by atoms with E-state index in [1.807, 2.05) is 0 Å². The molecule has 0 saturated heterocycles. The van der Waals surface area contributed by atoms with Crippen LogP contribution in [0.4, 0.5) is 0 Å². The van der Waals surface area contributed by atoms with Crippen molar-refractivity contribution in [1.29, 1.82) is 0 Å². The second-order valence-electron chi connectivity index (χ2n) is 4.40. The van der Waals surface area contributed by atoms with Gasteiger partial charge in [0.1, 0.15) is 5.75 Å². The fraction of sp³-hybridized carbons (Fsp3) is 0.615. The van der Waals surface area contributed by atoms with Gasteiger partial charge in [0.05, 0.1) is 18.9 Å². The fourth-order valence-corrected chi connectivity index (χ4v) is 1.87. The summed E-state index contributed by atoms with van der Waals surface area (Å²) in [6.45, 7) is 2.46. The topological polar surface area (TPSA) is 94.8 Å². The predicted octanol–water partition coefficient (Wildman–Crippen LogP) is 0.0749. The van der Waals surface area contributed by atoms with Gasteiger partial charge in [0.15, 0.2) is 0 Å². The van der Waals surface area contributed by atoms with Gasteiger partial charge in [-0.2, -0.15) is 0 Å². The molecule has 108 valence electrons. The van der Waals surface area contributed by atoms with Crippen LogP contribution in [0.5, 0.6) is 5.75 Å². The number of aromatic nitrogens is 1. The highest BCUT2D eigenvalue weighted by atomic mass is 16.5. The zero-order valence-corrected chi connectivity index (χ0v) is 11.4. The van der Waals surface area contributed by atoms with Crippen LogP contribution < -0.4 is 5.32 Å². The molecule has 0 aliphatic heterocycles. The van der Waals surface area contributed by atoms with E-state index in [2.05, 4.69) is 10.3 Å². The summed E-state index contributed by atoms with van der Waals surface area (Å²) < 4.78 is 5.06. The van der Waals surface area contributed by atoms with Gasteiger partial charge >= 0.3 is 0 Å². The third kappa shape index (κ3) is 4.43. The van der Waals surface area contributed by atoms with E-state index in [9.17, 15) is 10.2 Å². The molecule has 1 aromatic rings. The van der Waals surface area contributed by atoms with Gasteiger partial charge in [-0.25, -0.2) is 0 Å². The molecule has 0 aliphatic carbocycles. The van der Waals surface area contributed by atoms with Gasteiger partial charge < -0.3 is 25.4 Å². The van der Waals surface area contributed by atoms with Crippen LogP contribution in [-0.2, 0) is 17.9 Å². The van der Waals surface area contributed by atoms with Crippen molar-refractivity contribution >= 4 is 0 Å². The maximum atomic E-state index is 9.99. The van der Waals surface area contributed by atoms with Crippen molar-refractivity contribution < 1.29 is 20.1 Å². The smallest absolute Gasteiger partial charge is 0.141 e. The van der Waals surface area contributed by atoms with Crippen molar-refractivity contribution in [2.24, 2.45) is 0 Å². The molecule has 1 atom stereocenters. The summed E-state index contributed by atoms with van der Waals surface area (Å²) in [6.07, 6.45) is 2.12. The zero-order chi connectivity index (χ0) is 14.3. The Labute approximate surface area is 113 Å². The molecular weight excluding hydrogens is 248 g/mol. The lowest BCUT2D eigenvalue weighted by atomic mass is 10.1. The predicted molar refractivity (Wildman–Crippen MR) is 70.8 cm³/mol. The Morgan fingerprint density at radius 3 is 2.74 bits per heavy atom. The molecule has 0 saturated carbocycles. The van der Waals surface area contributed by atoms with Gasteiger partial charge in [0.2, 0.25) is 0 Å². The number of aryl methyl sites for hydroxylation is 1. The molecule has 1 rings (SSSR count). The second-order valence-corrected chi connectivity index (χ2v) is 4.40. The van der Waals surface area contributed by atoms with Crippen molar-refractivity contribution in [3.63, 3.8) is 0 Å². The summed E-state index contributed by atoms with van der Waals surface area (Å²) in [5, 5.41) is 31.4. The number of methoxy groups -OCH3 is 1. The monoisotopic (exact) mass is 270 g/mol. The van der Waals surface area contributed by atoms with E-state index >= 15 is 0 Å². The number of rotatable bonds is 8. The first-order valence-corrected chi connectivity index (χ1v) is 6.24. The summed E-state index contributed by atoms with van der Waals surface area (Å²) in [7, 11) is 1.60. The van der Waals surface area contributed by atoms with Gasteiger partial charge in [0, 0.05) is 43.6 Å². The maximum Gasteiger partial charge on any atom is 0.141 e. The van der Waals surface area contributed by atoms with Gasteiger partial charge in [-0.3, -0.25) is 4.98 Å². The molecule has 19 heavy (non-hydrogen) atoms. The van der Waals surface area contributed by atoms with Crippen molar-refractivity contribution in [3.8, 4) is 5.75 Å². The van der Waals surface area contributed by atoms with Gasteiger partial charge in [-0.05, 0) is 13.3 Å². The Morgan fingerprint density at radius 2 is 2.16 bits per heavy atom. The molecule has 6 heteroatoms. The Balaban J connectivity index is 2.77. The minimum Gasteiger partial charge on any atom is -0.506 e. The Hall–Kier alpha value is -1.21. The highest BCUT2D eigenvalue weighted by molar-refractivity contribution is 5.40. The molecular formula is C13H22N2O4. The average Bonchev–Trinajstić information content (AvgIpc) is 2.40. The van der Waals surface area contributed by atoms with Crippen LogP contribution in [0.2, 0.25) is 0 Å². The van der Waals surface area contributed by atoms with Crippen LogP contribution in [0.3, 0.4) is 0 Å². The summed E-state index contributed by atoms with van der Waals surface area (Å²) in [6, 6.07) is -0.00517. The highest BCUT2D eigenvalue weighted by Crippen LogP contribution is 2.23. The van der Waals surface area contributed by atoms with E-state index < -0.39 is 0 Å². The van der Waals surface area contributed by atoms with E-state index in [1.165, 1.54) is 0 Å². The molecule has 1 heterocycles. The Kier molecular flexibility index (Phi) is 6.72. The number of nitrogens with zero attached hydrogens (tertiary/aromatic N) is 1. The first kappa shape index (κ1) is 15.8. The van der Waals surface area contributed by atoms with E-state index in [1.54, 1.807) is 20.2 Å². The number of hydrogen-bond acceptors (Lipinski definition) is 6. The van der Waals surface area contributed by atoms with Crippen LogP contribution in [0, 0.1) is 6.92 Å². The minimum absolute atomic E-state index is 0.00517. The second kappa shape index (κ2) is 8.06. The average molecular weight is 270 g/mol. The Bertz CT molecular complexity index is 392. The molecule has 1 aromatic heterocycles. The molecule has 0 bridgehead atoms. The van der Waals surface area contributed by atoms with E-state index in [-0.39, 0.29) is 25.0 Å². The van der Waals surface area contributed by atoms with Crippen LogP contribution >= 0.6 is 0 Å². The van der Waals surface area contributed by atoms with Gasteiger partial charge in [0.25, 0.3) is 0 Å². The number of pyridine rings is 1. The highest BCUT2D eigenvalue weighted by Gasteiger charge is 2.13. The van der Waals surface area contributed by atoms with E-state index in [4.69, 9.17) is 9.84 Å². The third-order valence-corrected chi connectivity index (χ3v) is 3.01. The number of nitrogens with one attached hydrogen (secondary N) is 1. The summed E-state index contributed by atoms with van der Waals surface area (Å²) >= 11 is 0. The molecule has 4 N–H and O–H groups in total. The molecule has 0 radical (unpaired) electrons. The molecule has 0 spiro atoms. The molecule has 0 aromatic carbocycles. The minimum atomic E-state index is -0.174.